The summed E-state index contributed by atoms with van der Waals surface area (Å²) in [6.07, 6.45) is 1.24. The van der Waals surface area contributed by atoms with Crippen molar-refractivity contribution in [3.05, 3.63) is 10.1 Å². The van der Waals surface area contributed by atoms with Crippen LogP contribution < -0.4 is 0 Å². The van der Waals surface area contributed by atoms with Gasteiger partial charge in [-0.15, -0.1) is 20.3 Å². The molecule has 54 valence electrons. The van der Waals surface area contributed by atoms with E-state index in [1.165, 1.54) is 6.34 Å². The van der Waals surface area contributed by atoms with Gasteiger partial charge in [0.25, 0.3) is 11.0 Å². The fourth-order valence-electron chi connectivity index (χ4n) is 0.187. The van der Waals surface area contributed by atoms with Gasteiger partial charge in [-0.1, -0.05) is 0 Å². The van der Waals surface area contributed by atoms with Crippen LogP contribution in [0.25, 0.3) is 0 Å². The topological polar surface area (TPSA) is 124 Å². The first-order chi connectivity index (χ1) is 4.63. The molecular formula is C2H3N5O3. The quantitative estimate of drug-likeness (QED) is 0.370. The van der Waals surface area contributed by atoms with Crippen LogP contribution in [0.5, 0.6) is 0 Å². The summed E-state index contributed by atoms with van der Waals surface area (Å²) in [4.78, 5) is 11.7. The van der Waals surface area contributed by atoms with Crippen LogP contribution in [-0.2, 0) is 0 Å². The highest BCUT2D eigenvalue weighted by atomic mass is 16.9. The van der Waals surface area contributed by atoms with Crippen LogP contribution in [0, 0.1) is 15.5 Å². The molecule has 8 nitrogen and oxygen atoms in total. The highest BCUT2D eigenvalue weighted by Crippen LogP contribution is 1.85. The Morgan fingerprint density at radius 1 is 1.80 bits per heavy atom. The Balaban J connectivity index is 0.000000180. The minimum absolute atomic E-state index is 0.0185. The zero-order chi connectivity index (χ0) is 7.98. The molecule has 0 amide bonds. The first kappa shape index (κ1) is 8.14. The second kappa shape index (κ2) is 4.06. The summed E-state index contributed by atoms with van der Waals surface area (Å²) in [5, 5.41) is 26.7. The average Bonchev–Trinajstić information content (AvgIpc) is 2.15. The van der Waals surface area contributed by atoms with Crippen LogP contribution >= 0.6 is 0 Å². The van der Waals surface area contributed by atoms with E-state index in [2.05, 4.69) is 15.2 Å². The second-order valence-corrected chi connectivity index (χ2v) is 1.02. The molecule has 0 aromatic carbocycles. The number of nitrogens with one attached hydrogen (secondary N) is 1. The van der Waals surface area contributed by atoms with Crippen molar-refractivity contribution >= 4 is 12.3 Å². The van der Waals surface area contributed by atoms with E-state index < -0.39 is 5.09 Å². The zero-order valence-corrected chi connectivity index (χ0v) is 4.63. The SMILES string of the molecule is N=C1N=CN=N1.O=[N+]([O-])O. The first-order valence-electron chi connectivity index (χ1n) is 1.98. The molecule has 0 unspecified atom stereocenters. The summed E-state index contributed by atoms with van der Waals surface area (Å²) in [6.45, 7) is 0. The first-order valence-corrected chi connectivity index (χ1v) is 1.98. The van der Waals surface area contributed by atoms with Crippen LogP contribution in [0.15, 0.2) is 15.2 Å². The molecule has 0 spiro atoms. The fraction of sp³-hybridized carbons (Fsp3) is 0. The van der Waals surface area contributed by atoms with Gasteiger partial charge in [-0.25, -0.2) is 0 Å². The van der Waals surface area contributed by atoms with Gasteiger partial charge in [-0.05, 0) is 0 Å². The Morgan fingerprint density at radius 3 is 2.40 bits per heavy atom. The van der Waals surface area contributed by atoms with Crippen molar-refractivity contribution in [3.63, 3.8) is 0 Å². The average molecular weight is 145 g/mol. The van der Waals surface area contributed by atoms with Crippen molar-refractivity contribution < 1.29 is 10.3 Å². The zero-order valence-electron chi connectivity index (χ0n) is 4.63. The van der Waals surface area contributed by atoms with E-state index in [1.807, 2.05) is 0 Å². The van der Waals surface area contributed by atoms with Crippen LogP contribution in [0.2, 0.25) is 0 Å². The van der Waals surface area contributed by atoms with E-state index in [9.17, 15) is 0 Å². The molecule has 0 fully saturated rings. The molecule has 10 heavy (non-hydrogen) atoms. The lowest BCUT2D eigenvalue weighted by atomic mass is 11.1. The number of guanidine groups is 1. The minimum atomic E-state index is -1.50. The second-order valence-electron chi connectivity index (χ2n) is 1.02. The van der Waals surface area contributed by atoms with E-state index in [0.717, 1.165) is 0 Å². The third-order valence-electron chi connectivity index (χ3n) is 0.384. The van der Waals surface area contributed by atoms with Gasteiger partial charge in [0.2, 0.25) is 0 Å². The van der Waals surface area contributed by atoms with E-state index in [-0.39, 0.29) is 5.96 Å². The van der Waals surface area contributed by atoms with Crippen molar-refractivity contribution in [1.29, 1.82) is 5.41 Å². The molecule has 1 aliphatic heterocycles. The smallest absolute Gasteiger partial charge is 0.291 e. The third kappa shape index (κ3) is 6.14. The number of nitrogens with zero attached hydrogens (tertiary/aromatic N) is 4. The minimum Gasteiger partial charge on any atom is -0.328 e. The monoisotopic (exact) mass is 145 g/mol. The van der Waals surface area contributed by atoms with Crippen LogP contribution in [0.4, 0.5) is 0 Å². The summed E-state index contributed by atoms with van der Waals surface area (Å²) in [5.74, 6) is -0.0185. The number of hydrogen-bond donors (Lipinski definition) is 2. The maximum absolute atomic E-state index is 8.36. The number of rotatable bonds is 0. The van der Waals surface area contributed by atoms with Crippen molar-refractivity contribution in [2.45, 2.75) is 0 Å². The normalized spacial score (nSPS) is 12.6. The van der Waals surface area contributed by atoms with Gasteiger partial charge < -0.3 is 5.21 Å². The third-order valence-corrected chi connectivity index (χ3v) is 0.384. The Morgan fingerprint density at radius 2 is 2.30 bits per heavy atom. The highest BCUT2D eigenvalue weighted by molar-refractivity contribution is 5.89. The molecule has 0 aliphatic carbocycles. The predicted molar refractivity (Wildman–Crippen MR) is 29.9 cm³/mol. The van der Waals surface area contributed by atoms with E-state index in [4.69, 9.17) is 20.7 Å². The van der Waals surface area contributed by atoms with Crippen molar-refractivity contribution in [2.75, 3.05) is 0 Å². The molecule has 1 aliphatic rings. The summed E-state index contributed by atoms with van der Waals surface area (Å²) in [5.41, 5.74) is 0. The molecule has 1 heterocycles. The number of hydrogen-bond acceptors (Lipinski definition) is 4. The van der Waals surface area contributed by atoms with Gasteiger partial charge in [0.05, 0.1) is 0 Å². The van der Waals surface area contributed by atoms with Gasteiger partial charge in [0.1, 0.15) is 6.34 Å². The van der Waals surface area contributed by atoms with Gasteiger partial charge >= 0.3 is 0 Å². The van der Waals surface area contributed by atoms with Gasteiger partial charge in [-0.2, -0.15) is 4.99 Å². The molecule has 0 atom stereocenters. The van der Waals surface area contributed by atoms with E-state index in [0.29, 0.717) is 0 Å². The predicted octanol–water partition coefficient (Wildman–Crippen LogP) is 0.0676. The van der Waals surface area contributed by atoms with Gasteiger partial charge in [-0.3, -0.25) is 5.41 Å². The standard InChI is InChI=1S/C2H2N4.HNO3/c3-2-4-1-5-6-2;2-1(3)4/h1,3H;(H,2,3,4). The lowest BCUT2D eigenvalue weighted by molar-refractivity contribution is -0.742. The summed E-state index contributed by atoms with van der Waals surface area (Å²) in [6, 6.07) is 0. The van der Waals surface area contributed by atoms with Crippen LogP contribution in [0.1, 0.15) is 0 Å². The maximum atomic E-state index is 8.36. The molecule has 0 aromatic rings. The molecule has 1 rings (SSSR count). The van der Waals surface area contributed by atoms with E-state index >= 15 is 0 Å². The van der Waals surface area contributed by atoms with Crippen molar-refractivity contribution in [3.8, 4) is 0 Å². The molecule has 0 saturated carbocycles. The molecular weight excluding hydrogens is 142 g/mol. The summed E-state index contributed by atoms with van der Waals surface area (Å²) < 4.78 is 0. The molecule has 2 N–H and O–H groups in total. The Kier molecular flexibility index (Phi) is 3.31. The summed E-state index contributed by atoms with van der Waals surface area (Å²) >= 11 is 0. The van der Waals surface area contributed by atoms with Crippen LogP contribution in [0.3, 0.4) is 0 Å². The van der Waals surface area contributed by atoms with Gasteiger partial charge in [0, 0.05) is 0 Å². The lowest BCUT2D eigenvalue weighted by Crippen LogP contribution is -1.81. The summed E-state index contributed by atoms with van der Waals surface area (Å²) in [7, 11) is 0. The number of aliphatic imine (C=N–C) groups is 1. The van der Waals surface area contributed by atoms with E-state index in [1.54, 1.807) is 0 Å². The molecule has 0 aromatic heterocycles. The molecule has 0 radical (unpaired) electrons. The molecule has 0 bridgehead atoms. The molecule has 0 saturated heterocycles. The van der Waals surface area contributed by atoms with Crippen LogP contribution in [-0.4, -0.2) is 22.6 Å². The Hall–Kier alpha value is -1.86. The largest absolute Gasteiger partial charge is 0.328 e. The van der Waals surface area contributed by atoms with Crippen molar-refractivity contribution in [1.82, 2.24) is 0 Å². The fourth-order valence-corrected chi connectivity index (χ4v) is 0.187. The number of azo groups is 1. The maximum Gasteiger partial charge on any atom is 0.291 e. The highest BCUT2D eigenvalue weighted by Gasteiger charge is 1.88. The van der Waals surface area contributed by atoms with Crippen molar-refractivity contribution in [2.24, 2.45) is 15.2 Å². The molecule has 8 heteroatoms. The lowest BCUT2D eigenvalue weighted by Gasteiger charge is -1.64. The van der Waals surface area contributed by atoms with Gasteiger partial charge in [0.15, 0.2) is 0 Å². The Labute approximate surface area is 54.5 Å². The Bertz CT molecular complexity index is 177.